The normalized spacial score (nSPS) is 9.75. The number of hydrogen-bond donors (Lipinski definition) is 0. The third-order valence-corrected chi connectivity index (χ3v) is 13.6. The first kappa shape index (κ1) is 54.0. The molecule has 324 valence electrons. The van der Waals surface area contributed by atoms with Gasteiger partial charge < -0.3 is 0 Å². The summed E-state index contributed by atoms with van der Waals surface area (Å²) in [7, 11) is 0. The molecule has 0 amide bonds. The van der Waals surface area contributed by atoms with Gasteiger partial charge in [0.1, 0.15) is 0 Å². The van der Waals surface area contributed by atoms with Crippen LogP contribution in [-0.2, 0) is 0 Å². The summed E-state index contributed by atoms with van der Waals surface area (Å²) in [5.74, 6) is 0. The fourth-order valence-corrected chi connectivity index (χ4v) is 9.17. The molecule has 3 heteroatoms. The number of benzene rings is 4. The van der Waals surface area contributed by atoms with Crippen LogP contribution in [0.1, 0.15) is 113 Å². The largest absolute Gasteiger partial charge is 0.146 e. The molecule has 0 spiro atoms. The van der Waals surface area contributed by atoms with E-state index in [1.54, 1.807) is 0 Å². The van der Waals surface area contributed by atoms with Crippen molar-refractivity contribution in [2.75, 3.05) is 0 Å². The number of aryl methyl sites for hydroxylation is 18. The lowest BCUT2D eigenvalue weighted by Gasteiger charge is -2.04. The first-order chi connectivity index (χ1) is 27.9. The Morgan fingerprint density at radius 3 is 0.867 bits per heavy atom. The van der Waals surface area contributed by atoms with Crippen molar-refractivity contribution in [2.24, 2.45) is 0 Å². The monoisotopic (exact) mass is 859 g/mol. The van der Waals surface area contributed by atoms with Crippen LogP contribution in [0.3, 0.4) is 0 Å². The van der Waals surface area contributed by atoms with Crippen molar-refractivity contribution in [3.05, 3.63) is 204 Å². The van der Waals surface area contributed by atoms with Gasteiger partial charge in [-0.2, -0.15) is 0 Å². The minimum absolute atomic E-state index is 1.34. The molecule has 3 heterocycles. The first-order valence-corrected chi connectivity index (χ1v) is 23.6. The third kappa shape index (κ3) is 21.5. The second-order valence-electron chi connectivity index (χ2n) is 16.7. The van der Waals surface area contributed by atoms with E-state index in [1.165, 1.54) is 113 Å². The van der Waals surface area contributed by atoms with Gasteiger partial charge >= 0.3 is 0 Å². The molecule has 0 saturated heterocycles. The molecule has 4 aromatic carbocycles. The highest BCUT2D eigenvalue weighted by Crippen LogP contribution is 2.25. The standard InChI is InChI=1S/C10H14.2C9H12.C8H12S.C8H10.C7H10S.C6H8S/c1-7-5-8(2)10(4)9(3)6-7;1-7-4-8(2)6-9(3)5-7;1-7-4-5-8(2)9(3)6-7;1-5-6(2)8(4)9-7(5)3;1-7-4-3-5-8(2)6-7;1-5-4-6(2)8-7(5)3;1-5-3-4-6(2)7-5/h5-6H,1-4H3;2*4-6H,1-3H3;1-4H3;3-6H,1-2H3;4H,1-3H3;3-4H,1-2H3. The van der Waals surface area contributed by atoms with Gasteiger partial charge in [-0.15, -0.1) is 34.0 Å². The Hall–Kier alpha value is -4.02. The van der Waals surface area contributed by atoms with Gasteiger partial charge in [0.05, 0.1) is 0 Å². The molecule has 0 aliphatic carbocycles. The Balaban J connectivity index is 0.000000351. The van der Waals surface area contributed by atoms with Crippen LogP contribution in [-0.4, -0.2) is 0 Å². The molecule has 0 aliphatic rings. The van der Waals surface area contributed by atoms with E-state index >= 15 is 0 Å². The Labute approximate surface area is 380 Å². The van der Waals surface area contributed by atoms with Crippen LogP contribution in [0.2, 0.25) is 0 Å². The maximum Gasteiger partial charge on any atom is 0.00489 e. The van der Waals surface area contributed by atoms with Crippen LogP contribution in [0, 0.1) is 145 Å². The van der Waals surface area contributed by atoms with E-state index in [-0.39, 0.29) is 0 Å². The molecule has 0 saturated carbocycles. The minimum atomic E-state index is 1.34. The molecule has 0 bridgehead atoms. The van der Waals surface area contributed by atoms with Gasteiger partial charge in [0, 0.05) is 29.3 Å². The molecule has 0 radical (unpaired) electrons. The van der Waals surface area contributed by atoms with E-state index in [1.807, 2.05) is 34.0 Å². The van der Waals surface area contributed by atoms with E-state index in [9.17, 15) is 0 Å². The van der Waals surface area contributed by atoms with Crippen molar-refractivity contribution in [1.82, 2.24) is 0 Å². The summed E-state index contributed by atoms with van der Waals surface area (Å²) in [5.41, 5.74) is 20.8. The summed E-state index contributed by atoms with van der Waals surface area (Å²) in [6.07, 6.45) is 0. The summed E-state index contributed by atoms with van der Waals surface area (Å²) < 4.78 is 0. The molecule has 0 atom stereocenters. The van der Waals surface area contributed by atoms with Crippen LogP contribution >= 0.6 is 34.0 Å². The lowest BCUT2D eigenvalue weighted by Crippen LogP contribution is -1.86. The molecule has 0 aliphatic heterocycles. The second-order valence-corrected chi connectivity index (χ2v) is 21.0. The summed E-state index contributed by atoms with van der Waals surface area (Å²) in [5, 5.41) is 0. The predicted octanol–water partition coefficient (Wildman–Crippen LogP) is 18.5. The highest BCUT2D eigenvalue weighted by molar-refractivity contribution is 7.12. The molecular weight excluding hydrogens is 781 g/mol. The van der Waals surface area contributed by atoms with Gasteiger partial charge in [0.15, 0.2) is 0 Å². The van der Waals surface area contributed by atoms with Crippen molar-refractivity contribution in [2.45, 2.75) is 145 Å². The Morgan fingerprint density at radius 2 is 0.617 bits per heavy atom. The maximum absolute atomic E-state index is 2.22. The SMILES string of the molecule is Cc1cc(C)c(C)c(C)c1.Cc1cc(C)c(C)s1.Cc1cc(C)cc(C)c1.Cc1ccc(C)c(C)c1.Cc1ccc(C)s1.Cc1cccc(C)c1.Cc1sc(C)c(C)c1C. The average Bonchev–Trinajstić information content (AvgIpc) is 3.75. The van der Waals surface area contributed by atoms with Gasteiger partial charge in [0.25, 0.3) is 0 Å². The summed E-state index contributed by atoms with van der Waals surface area (Å²) in [6.45, 7) is 45.0. The van der Waals surface area contributed by atoms with E-state index in [2.05, 4.69) is 236 Å². The number of hydrogen-bond acceptors (Lipinski definition) is 3. The first-order valence-electron chi connectivity index (χ1n) is 21.2. The Kier molecular flexibility index (Phi) is 24.3. The van der Waals surface area contributed by atoms with Gasteiger partial charge in [0.2, 0.25) is 0 Å². The highest BCUT2D eigenvalue weighted by atomic mass is 32.1. The van der Waals surface area contributed by atoms with E-state index in [0.29, 0.717) is 0 Å². The van der Waals surface area contributed by atoms with E-state index < -0.39 is 0 Å². The van der Waals surface area contributed by atoms with Gasteiger partial charge in [-0.1, -0.05) is 112 Å². The lowest BCUT2D eigenvalue weighted by atomic mass is 10.0. The predicted molar refractivity (Wildman–Crippen MR) is 278 cm³/mol. The quantitative estimate of drug-likeness (QED) is 0.143. The fraction of sp³-hybridized carbons (Fsp3) is 0.368. The van der Waals surface area contributed by atoms with Crippen molar-refractivity contribution in [3.8, 4) is 0 Å². The molecule has 0 nitrogen and oxygen atoms in total. The van der Waals surface area contributed by atoms with Gasteiger partial charge in [-0.3, -0.25) is 0 Å². The van der Waals surface area contributed by atoms with Gasteiger partial charge in [-0.05, 0) is 208 Å². The lowest BCUT2D eigenvalue weighted by molar-refractivity contribution is 1.23. The van der Waals surface area contributed by atoms with Crippen molar-refractivity contribution < 1.29 is 0 Å². The molecule has 60 heavy (non-hydrogen) atoms. The summed E-state index contributed by atoms with van der Waals surface area (Å²) in [6, 6.07) is 32.5. The zero-order valence-electron chi connectivity index (χ0n) is 41.4. The Bertz CT molecular complexity index is 2190. The molecule has 0 unspecified atom stereocenters. The minimum Gasteiger partial charge on any atom is -0.146 e. The molecule has 7 rings (SSSR count). The molecule has 3 aromatic heterocycles. The van der Waals surface area contributed by atoms with Crippen LogP contribution < -0.4 is 0 Å². The van der Waals surface area contributed by atoms with Crippen molar-refractivity contribution >= 4 is 34.0 Å². The maximum atomic E-state index is 2.22. The van der Waals surface area contributed by atoms with Crippen LogP contribution in [0.5, 0.6) is 0 Å². The van der Waals surface area contributed by atoms with Crippen LogP contribution in [0.4, 0.5) is 0 Å². The zero-order chi connectivity index (χ0) is 45.9. The average molecular weight is 859 g/mol. The number of rotatable bonds is 0. The van der Waals surface area contributed by atoms with Crippen molar-refractivity contribution in [1.29, 1.82) is 0 Å². The molecular formula is C57H78S3. The van der Waals surface area contributed by atoms with Crippen LogP contribution in [0.25, 0.3) is 0 Å². The summed E-state index contributed by atoms with van der Waals surface area (Å²) >= 11 is 5.61. The Morgan fingerprint density at radius 1 is 0.233 bits per heavy atom. The molecule has 0 N–H and O–H groups in total. The van der Waals surface area contributed by atoms with E-state index in [4.69, 9.17) is 0 Å². The highest BCUT2D eigenvalue weighted by Gasteiger charge is 2.02. The summed E-state index contributed by atoms with van der Waals surface area (Å²) in [4.78, 5) is 8.59. The second kappa shape index (κ2) is 27.0. The smallest absolute Gasteiger partial charge is 0.00489 e. The fourth-order valence-electron chi connectivity index (χ4n) is 6.38. The molecule has 7 aromatic rings. The zero-order valence-corrected chi connectivity index (χ0v) is 43.8. The number of thiophene rings is 3. The van der Waals surface area contributed by atoms with Crippen molar-refractivity contribution in [3.63, 3.8) is 0 Å². The molecule has 0 fully saturated rings. The third-order valence-electron chi connectivity index (χ3n) is 10.4. The van der Waals surface area contributed by atoms with Crippen LogP contribution in [0.15, 0.2) is 91.0 Å². The van der Waals surface area contributed by atoms with Gasteiger partial charge in [-0.25, -0.2) is 0 Å². The topological polar surface area (TPSA) is 0 Å². The van der Waals surface area contributed by atoms with E-state index in [0.717, 1.165) is 0 Å².